The first-order chi connectivity index (χ1) is 0. The van der Waals surface area contributed by atoms with E-state index in [4.69, 9.17) is 0 Å². The van der Waals surface area contributed by atoms with Gasteiger partial charge >= 0.3 is 39.1 Å². The number of halogens is 7. The molecule has 0 amide bonds. The van der Waals surface area contributed by atoms with Crippen molar-refractivity contribution in [1.29, 1.82) is 0 Å². The van der Waals surface area contributed by atoms with E-state index >= 15 is 0 Å². The van der Waals surface area contributed by atoms with Gasteiger partial charge in [-0.1, -0.05) is 0 Å². The van der Waals surface area contributed by atoms with Crippen LogP contribution in [0.4, 0.5) is 0 Å². The number of rotatable bonds is 0. The van der Waals surface area contributed by atoms with Crippen LogP contribution in [0.25, 0.3) is 0 Å². The van der Waals surface area contributed by atoms with E-state index in [2.05, 4.69) is 0 Å². The van der Waals surface area contributed by atoms with Gasteiger partial charge in [0, 0.05) is 0 Å². The average molecular weight is 963 g/mol. The van der Waals surface area contributed by atoms with Gasteiger partial charge in [-0.2, -0.15) is 0 Å². The van der Waals surface area contributed by atoms with Crippen LogP contribution in [0.5, 0.6) is 0 Å². The molecule has 0 unspecified atom stereocenters. The summed E-state index contributed by atoms with van der Waals surface area (Å²) in [6.45, 7) is 0. The first kappa shape index (κ1) is 78.3. The largest absolute Gasteiger partial charge is 4.00 e. The van der Waals surface area contributed by atoms with Gasteiger partial charge in [0.05, 0.1) is 0 Å². The monoisotopic (exact) mass is 963 g/mol. The fraction of sp³-hybridized carbons (Fsp3) is 0. The van der Waals surface area contributed by atoms with Crippen molar-refractivity contribution >= 4 is 17.4 Å². The van der Waals surface area contributed by atoms with E-state index in [0.717, 1.165) is 0 Å². The molecule has 0 aromatic carbocycles. The smallest absolute Gasteiger partial charge is 1.00 e. The normalized spacial score (nSPS) is 0. The van der Waals surface area contributed by atoms with Crippen LogP contribution in [0.3, 0.4) is 0 Å². The zero-order valence-electron chi connectivity index (χ0n) is 3.72. The maximum Gasteiger partial charge on any atom is 4.00 e. The summed E-state index contributed by atoms with van der Waals surface area (Å²) in [5.74, 6) is 0. The zero-order valence-corrected chi connectivity index (χ0v) is 21.5. The van der Waals surface area contributed by atoms with Crippen LogP contribution in [0.15, 0.2) is 0 Å². The molecular weight excluding hydrogens is 963 g/mol. The Morgan fingerprint density at radius 2 is 0.333 bits per heavy atom. The zero-order chi connectivity index (χ0) is 0. The fourth-order valence-electron chi connectivity index (χ4n) is 0. The van der Waals surface area contributed by atoms with Gasteiger partial charge in [0.2, 0.25) is 0 Å². The molecule has 0 aliphatic rings. The summed E-state index contributed by atoms with van der Waals surface area (Å²) in [6.07, 6.45) is 0. The van der Waals surface area contributed by atoms with Crippen LogP contribution in [0.1, 0.15) is 0 Å². The molecule has 56 valence electrons. The van der Waals surface area contributed by atoms with Crippen LogP contribution < -0.4 is 168 Å². The molecule has 0 fully saturated rings. The van der Waals surface area contributed by atoms with E-state index in [9.17, 15) is 0 Å². The predicted octanol–water partition coefficient (Wildman–Crippen LogP) is -21.4. The SMILES string of the molecule is [Al+3].[I-].[I-].[I-].[I-].[I-].[I-].[I-].[Ti+4]. The Hall–Kier alpha value is 6.36. The summed E-state index contributed by atoms with van der Waals surface area (Å²) in [4.78, 5) is 0. The second-order valence-electron chi connectivity index (χ2n) is 0. The van der Waals surface area contributed by atoms with Crippen molar-refractivity contribution in [1.82, 2.24) is 0 Å². The van der Waals surface area contributed by atoms with Crippen LogP contribution in [-0.4, -0.2) is 17.4 Å². The van der Waals surface area contributed by atoms with Crippen molar-refractivity contribution in [3.05, 3.63) is 0 Å². The summed E-state index contributed by atoms with van der Waals surface area (Å²) in [7, 11) is 0. The summed E-state index contributed by atoms with van der Waals surface area (Å²) >= 11 is 0. The van der Waals surface area contributed by atoms with Crippen molar-refractivity contribution in [2.75, 3.05) is 0 Å². The van der Waals surface area contributed by atoms with Crippen LogP contribution in [0.2, 0.25) is 0 Å². The second-order valence-corrected chi connectivity index (χ2v) is 0. The van der Waals surface area contributed by atoms with Crippen LogP contribution in [-0.2, 0) is 21.7 Å². The molecule has 0 bridgehead atoms. The molecule has 0 spiro atoms. The predicted molar refractivity (Wildman–Crippen MR) is 5.75 cm³/mol. The van der Waals surface area contributed by atoms with Crippen molar-refractivity contribution in [2.45, 2.75) is 0 Å². The molecule has 0 saturated carbocycles. The summed E-state index contributed by atoms with van der Waals surface area (Å²) in [5, 5.41) is 0. The molecule has 0 nitrogen and oxygen atoms in total. The Morgan fingerprint density at radius 1 is 0.333 bits per heavy atom. The van der Waals surface area contributed by atoms with Crippen LogP contribution >= 0.6 is 0 Å². The third-order valence-electron chi connectivity index (χ3n) is 0. The molecule has 9 heavy (non-hydrogen) atoms. The van der Waals surface area contributed by atoms with Crippen molar-refractivity contribution in [3.63, 3.8) is 0 Å². The van der Waals surface area contributed by atoms with Gasteiger partial charge in [0.1, 0.15) is 0 Å². The molecule has 0 aromatic heterocycles. The van der Waals surface area contributed by atoms with Crippen molar-refractivity contribution in [2.24, 2.45) is 0 Å². The first-order valence-electron chi connectivity index (χ1n) is 0. The van der Waals surface area contributed by atoms with Gasteiger partial charge in [-0.25, -0.2) is 0 Å². The van der Waals surface area contributed by atoms with E-state index in [-0.39, 0.29) is 207 Å². The van der Waals surface area contributed by atoms with Gasteiger partial charge in [0.15, 0.2) is 0 Å². The molecule has 0 aliphatic carbocycles. The molecular formula is AlI7Ti. The molecule has 0 rings (SSSR count). The minimum atomic E-state index is 0. The molecule has 0 atom stereocenters. The van der Waals surface area contributed by atoms with Crippen molar-refractivity contribution < 1.29 is 190 Å². The topological polar surface area (TPSA) is 0 Å². The maximum absolute atomic E-state index is 0. The first-order valence-corrected chi connectivity index (χ1v) is 0. The quantitative estimate of drug-likeness (QED) is 0.168. The average Bonchev–Trinajstić information content (AvgIpc) is 0. The van der Waals surface area contributed by atoms with Gasteiger partial charge < -0.3 is 168 Å². The molecule has 0 saturated heterocycles. The van der Waals surface area contributed by atoms with Crippen LogP contribution in [0, 0.1) is 0 Å². The minimum absolute atomic E-state index is 0. The Balaban J connectivity index is 0. The Kier molecular flexibility index (Phi) is 552. The molecule has 0 aliphatic heterocycles. The Morgan fingerprint density at radius 3 is 0.333 bits per heavy atom. The number of hydrogen-bond donors (Lipinski definition) is 0. The second kappa shape index (κ2) is 63.4. The Labute approximate surface area is 201 Å². The molecule has 9 heteroatoms. The molecule has 0 radical (unpaired) electrons. The molecule has 0 N–H and O–H groups in total. The number of hydrogen-bond acceptors (Lipinski definition) is 0. The van der Waals surface area contributed by atoms with E-state index in [0.29, 0.717) is 0 Å². The Bertz CT molecular complexity index is 8.88. The van der Waals surface area contributed by atoms with Crippen molar-refractivity contribution in [3.8, 4) is 0 Å². The summed E-state index contributed by atoms with van der Waals surface area (Å²) < 4.78 is 0. The van der Waals surface area contributed by atoms with E-state index in [1.54, 1.807) is 0 Å². The molecule has 0 aromatic rings. The van der Waals surface area contributed by atoms with Gasteiger partial charge in [-0.3, -0.25) is 0 Å². The van der Waals surface area contributed by atoms with Gasteiger partial charge in [-0.05, 0) is 0 Å². The maximum atomic E-state index is 0. The van der Waals surface area contributed by atoms with E-state index in [1.807, 2.05) is 0 Å². The van der Waals surface area contributed by atoms with Gasteiger partial charge in [0.25, 0.3) is 0 Å². The van der Waals surface area contributed by atoms with Gasteiger partial charge in [-0.15, -0.1) is 0 Å². The minimum Gasteiger partial charge on any atom is -1.00 e. The van der Waals surface area contributed by atoms with E-state index < -0.39 is 0 Å². The third-order valence-corrected chi connectivity index (χ3v) is 0. The standard InChI is InChI=1S/Al.7HI.Ti/h;7*1H;/q+3;;;;;;;;+4/p-7. The van der Waals surface area contributed by atoms with E-state index in [1.165, 1.54) is 0 Å². The third kappa shape index (κ3) is 54.2. The summed E-state index contributed by atoms with van der Waals surface area (Å²) in [5.41, 5.74) is 0. The fourth-order valence-corrected chi connectivity index (χ4v) is 0. The summed E-state index contributed by atoms with van der Waals surface area (Å²) in [6, 6.07) is 0. The molecule has 0 heterocycles.